The van der Waals surface area contributed by atoms with Gasteiger partial charge in [-0.2, -0.15) is 0 Å². The molecular weight excluding hydrogens is 184 g/mol. The molecular formula is C13H28N2. The number of rotatable bonds is 8. The van der Waals surface area contributed by atoms with Crippen molar-refractivity contribution in [2.24, 2.45) is 0 Å². The molecule has 0 aliphatic heterocycles. The van der Waals surface area contributed by atoms with Gasteiger partial charge in [-0.3, -0.25) is 4.90 Å². The summed E-state index contributed by atoms with van der Waals surface area (Å²) in [6.45, 7) is 11.5. The first kappa shape index (κ1) is 13.0. The second-order valence-electron chi connectivity index (χ2n) is 5.01. The Morgan fingerprint density at radius 2 is 1.93 bits per heavy atom. The van der Waals surface area contributed by atoms with Crippen molar-refractivity contribution in [3.05, 3.63) is 0 Å². The summed E-state index contributed by atoms with van der Waals surface area (Å²) in [7, 11) is 0. The van der Waals surface area contributed by atoms with Gasteiger partial charge in [0, 0.05) is 18.1 Å². The molecule has 0 saturated heterocycles. The predicted octanol–water partition coefficient (Wildman–Crippen LogP) is 2.64. The standard InChI is InChI=1S/C13H28N2/c1-5-9-15(13-7-8-13)12(4)10-11(3)14-6-2/h11-14H,5-10H2,1-4H3. The number of nitrogens with zero attached hydrogens (tertiary/aromatic N) is 1. The molecule has 1 aliphatic rings. The quantitative estimate of drug-likeness (QED) is 0.665. The van der Waals surface area contributed by atoms with Crippen molar-refractivity contribution >= 4 is 0 Å². The fraction of sp³-hybridized carbons (Fsp3) is 1.00. The number of hydrogen-bond donors (Lipinski definition) is 1. The van der Waals surface area contributed by atoms with Crippen molar-refractivity contribution in [3.8, 4) is 0 Å². The molecule has 1 rings (SSSR count). The summed E-state index contributed by atoms with van der Waals surface area (Å²) >= 11 is 0. The maximum absolute atomic E-state index is 3.51. The molecule has 2 atom stereocenters. The van der Waals surface area contributed by atoms with Gasteiger partial charge in [-0.25, -0.2) is 0 Å². The second-order valence-corrected chi connectivity index (χ2v) is 5.01. The fourth-order valence-corrected chi connectivity index (χ4v) is 2.51. The van der Waals surface area contributed by atoms with Crippen LogP contribution in [0.2, 0.25) is 0 Å². The summed E-state index contributed by atoms with van der Waals surface area (Å²) < 4.78 is 0. The molecule has 2 heteroatoms. The minimum atomic E-state index is 0.656. The van der Waals surface area contributed by atoms with Crippen molar-refractivity contribution in [2.45, 2.75) is 71.5 Å². The molecule has 0 aromatic heterocycles. The van der Waals surface area contributed by atoms with E-state index in [4.69, 9.17) is 0 Å². The third kappa shape index (κ3) is 4.52. The molecule has 1 aliphatic carbocycles. The van der Waals surface area contributed by atoms with E-state index in [9.17, 15) is 0 Å². The first-order chi connectivity index (χ1) is 7.19. The van der Waals surface area contributed by atoms with Gasteiger partial charge in [-0.1, -0.05) is 13.8 Å². The van der Waals surface area contributed by atoms with Gasteiger partial charge in [0.15, 0.2) is 0 Å². The zero-order valence-corrected chi connectivity index (χ0v) is 10.9. The minimum Gasteiger partial charge on any atom is -0.314 e. The molecule has 0 heterocycles. The lowest BCUT2D eigenvalue weighted by Crippen LogP contribution is -2.40. The first-order valence-corrected chi connectivity index (χ1v) is 6.68. The van der Waals surface area contributed by atoms with Crippen molar-refractivity contribution < 1.29 is 0 Å². The smallest absolute Gasteiger partial charge is 0.00992 e. The van der Waals surface area contributed by atoms with Gasteiger partial charge >= 0.3 is 0 Å². The second kappa shape index (κ2) is 6.49. The molecule has 0 spiro atoms. The van der Waals surface area contributed by atoms with E-state index in [2.05, 4.69) is 37.9 Å². The topological polar surface area (TPSA) is 15.3 Å². The number of hydrogen-bond acceptors (Lipinski definition) is 2. The summed E-state index contributed by atoms with van der Waals surface area (Å²) in [6.07, 6.45) is 5.43. The minimum absolute atomic E-state index is 0.656. The summed E-state index contributed by atoms with van der Waals surface area (Å²) in [5, 5.41) is 3.51. The summed E-state index contributed by atoms with van der Waals surface area (Å²) in [4.78, 5) is 2.72. The Kier molecular flexibility index (Phi) is 5.62. The zero-order chi connectivity index (χ0) is 11.3. The Bertz CT molecular complexity index is 166. The van der Waals surface area contributed by atoms with Crippen LogP contribution in [0.1, 0.15) is 53.4 Å². The molecule has 0 aromatic rings. The molecule has 15 heavy (non-hydrogen) atoms. The van der Waals surface area contributed by atoms with Crippen LogP contribution in [0.15, 0.2) is 0 Å². The maximum atomic E-state index is 3.51. The van der Waals surface area contributed by atoms with E-state index in [0.717, 1.165) is 18.6 Å². The Hall–Kier alpha value is -0.0800. The van der Waals surface area contributed by atoms with E-state index >= 15 is 0 Å². The summed E-state index contributed by atoms with van der Waals surface area (Å²) in [5.41, 5.74) is 0. The van der Waals surface area contributed by atoms with Crippen LogP contribution in [0.25, 0.3) is 0 Å². The van der Waals surface area contributed by atoms with Crippen molar-refractivity contribution in [2.75, 3.05) is 13.1 Å². The molecule has 0 radical (unpaired) electrons. The van der Waals surface area contributed by atoms with Crippen LogP contribution in [-0.2, 0) is 0 Å². The molecule has 1 N–H and O–H groups in total. The zero-order valence-electron chi connectivity index (χ0n) is 10.9. The van der Waals surface area contributed by atoms with E-state index in [1.165, 1.54) is 32.2 Å². The first-order valence-electron chi connectivity index (χ1n) is 6.68. The van der Waals surface area contributed by atoms with Crippen LogP contribution in [0, 0.1) is 0 Å². The Morgan fingerprint density at radius 1 is 1.27 bits per heavy atom. The SMILES string of the molecule is CCCN(C(C)CC(C)NCC)C1CC1. The lowest BCUT2D eigenvalue weighted by atomic mass is 10.1. The molecule has 0 aromatic carbocycles. The van der Waals surface area contributed by atoms with Gasteiger partial charge in [0.25, 0.3) is 0 Å². The van der Waals surface area contributed by atoms with Gasteiger partial charge in [-0.15, -0.1) is 0 Å². The van der Waals surface area contributed by atoms with Crippen molar-refractivity contribution in [1.29, 1.82) is 0 Å². The maximum Gasteiger partial charge on any atom is 0.00992 e. The highest BCUT2D eigenvalue weighted by atomic mass is 15.2. The van der Waals surface area contributed by atoms with Crippen LogP contribution >= 0.6 is 0 Å². The molecule has 1 saturated carbocycles. The highest BCUT2D eigenvalue weighted by molar-refractivity contribution is 4.88. The van der Waals surface area contributed by atoms with E-state index in [-0.39, 0.29) is 0 Å². The van der Waals surface area contributed by atoms with Crippen molar-refractivity contribution in [1.82, 2.24) is 10.2 Å². The van der Waals surface area contributed by atoms with Gasteiger partial charge in [0.1, 0.15) is 0 Å². The average Bonchev–Trinajstić information content (AvgIpc) is 2.97. The molecule has 0 bridgehead atoms. The van der Waals surface area contributed by atoms with Crippen LogP contribution in [-0.4, -0.2) is 36.1 Å². The molecule has 2 nitrogen and oxygen atoms in total. The van der Waals surface area contributed by atoms with Gasteiger partial charge in [-0.05, 0) is 52.6 Å². The third-order valence-corrected chi connectivity index (χ3v) is 3.31. The van der Waals surface area contributed by atoms with Gasteiger partial charge in [0.2, 0.25) is 0 Å². The fourth-order valence-electron chi connectivity index (χ4n) is 2.51. The third-order valence-electron chi connectivity index (χ3n) is 3.31. The average molecular weight is 212 g/mol. The highest BCUT2D eigenvalue weighted by Gasteiger charge is 2.31. The number of nitrogens with one attached hydrogen (secondary N) is 1. The predicted molar refractivity (Wildman–Crippen MR) is 67.2 cm³/mol. The monoisotopic (exact) mass is 212 g/mol. The van der Waals surface area contributed by atoms with E-state index in [1.807, 2.05) is 0 Å². The van der Waals surface area contributed by atoms with E-state index in [1.54, 1.807) is 0 Å². The molecule has 90 valence electrons. The van der Waals surface area contributed by atoms with E-state index < -0.39 is 0 Å². The lowest BCUT2D eigenvalue weighted by molar-refractivity contribution is 0.179. The van der Waals surface area contributed by atoms with Crippen LogP contribution in [0.4, 0.5) is 0 Å². The molecule has 1 fully saturated rings. The Balaban J connectivity index is 2.30. The molecule has 0 amide bonds. The summed E-state index contributed by atoms with van der Waals surface area (Å²) in [5.74, 6) is 0. The van der Waals surface area contributed by atoms with E-state index in [0.29, 0.717) is 6.04 Å². The van der Waals surface area contributed by atoms with Gasteiger partial charge < -0.3 is 5.32 Å². The summed E-state index contributed by atoms with van der Waals surface area (Å²) in [6, 6.07) is 2.31. The van der Waals surface area contributed by atoms with Gasteiger partial charge in [0.05, 0.1) is 0 Å². The normalized spacial score (nSPS) is 20.6. The molecule has 2 unspecified atom stereocenters. The Labute approximate surface area is 95.4 Å². The Morgan fingerprint density at radius 3 is 2.40 bits per heavy atom. The van der Waals surface area contributed by atoms with Crippen molar-refractivity contribution in [3.63, 3.8) is 0 Å². The highest BCUT2D eigenvalue weighted by Crippen LogP contribution is 2.29. The van der Waals surface area contributed by atoms with Crippen LogP contribution in [0.3, 0.4) is 0 Å². The van der Waals surface area contributed by atoms with Crippen LogP contribution in [0.5, 0.6) is 0 Å². The van der Waals surface area contributed by atoms with Crippen LogP contribution < -0.4 is 5.32 Å². The largest absolute Gasteiger partial charge is 0.314 e. The lowest BCUT2D eigenvalue weighted by Gasteiger charge is -2.30.